The molecule has 0 aliphatic heterocycles. The number of hydrogen-bond acceptors (Lipinski definition) is 2. The normalized spacial score (nSPS) is 10.4. The van der Waals surface area contributed by atoms with E-state index in [4.69, 9.17) is 0 Å². The van der Waals surface area contributed by atoms with E-state index in [1.54, 1.807) is 19.2 Å². The molecule has 70 valence electrons. The van der Waals surface area contributed by atoms with Gasteiger partial charge < -0.3 is 0 Å². The molecule has 0 atom stereocenters. The molecule has 2 rings (SSSR count). The van der Waals surface area contributed by atoms with Crippen molar-refractivity contribution < 1.29 is 4.79 Å². The third kappa shape index (κ3) is 1.44. The summed E-state index contributed by atoms with van der Waals surface area (Å²) in [5.74, 6) is 0.0428. The molecule has 0 spiro atoms. The first-order valence-electron chi connectivity index (χ1n) is 4.24. The van der Waals surface area contributed by atoms with Crippen molar-refractivity contribution in [3.8, 4) is 0 Å². The first-order chi connectivity index (χ1) is 6.70. The number of halogens is 1. The van der Waals surface area contributed by atoms with Crippen LogP contribution in [-0.2, 0) is 0 Å². The van der Waals surface area contributed by atoms with Crippen molar-refractivity contribution in [1.29, 1.82) is 0 Å². The van der Waals surface area contributed by atoms with Gasteiger partial charge in [-0.25, -0.2) is 0 Å². The average molecular weight is 250 g/mol. The number of pyridine rings is 1. The van der Waals surface area contributed by atoms with Gasteiger partial charge in [-0.3, -0.25) is 9.78 Å². The number of carbonyl (C=O) groups is 1. The molecule has 0 unspecified atom stereocenters. The van der Waals surface area contributed by atoms with Crippen LogP contribution in [0.4, 0.5) is 0 Å². The molecule has 0 radical (unpaired) electrons. The van der Waals surface area contributed by atoms with Crippen LogP contribution in [0.1, 0.15) is 17.3 Å². The van der Waals surface area contributed by atoms with Crippen LogP contribution in [0.15, 0.2) is 34.9 Å². The zero-order valence-electron chi connectivity index (χ0n) is 7.62. The molecule has 2 nitrogen and oxygen atoms in total. The molecule has 0 aliphatic rings. The van der Waals surface area contributed by atoms with E-state index in [1.165, 1.54) is 0 Å². The van der Waals surface area contributed by atoms with Crippen molar-refractivity contribution in [2.45, 2.75) is 6.92 Å². The first-order valence-corrected chi connectivity index (χ1v) is 5.03. The van der Waals surface area contributed by atoms with Crippen molar-refractivity contribution in [1.82, 2.24) is 4.98 Å². The second kappa shape index (κ2) is 3.50. The van der Waals surface area contributed by atoms with Gasteiger partial charge in [-0.15, -0.1) is 0 Å². The Bertz CT molecular complexity index is 508. The topological polar surface area (TPSA) is 30.0 Å². The summed E-state index contributed by atoms with van der Waals surface area (Å²) in [4.78, 5) is 15.5. The number of ketones is 1. The molecule has 1 heterocycles. The van der Waals surface area contributed by atoms with Gasteiger partial charge in [0, 0.05) is 21.6 Å². The lowest BCUT2D eigenvalue weighted by Crippen LogP contribution is -1.95. The number of Topliss-reactive ketones (excluding diaryl/α,β-unsaturated/α-hetero) is 1. The minimum absolute atomic E-state index is 0.0428. The summed E-state index contributed by atoms with van der Waals surface area (Å²) < 4.78 is 0.964. The van der Waals surface area contributed by atoms with E-state index in [-0.39, 0.29) is 5.78 Å². The van der Waals surface area contributed by atoms with Crippen LogP contribution >= 0.6 is 15.9 Å². The Labute approximate surface area is 90.1 Å². The summed E-state index contributed by atoms with van der Waals surface area (Å²) in [7, 11) is 0. The number of carbonyl (C=O) groups excluding carboxylic acids is 1. The van der Waals surface area contributed by atoms with Gasteiger partial charge in [-0.05, 0) is 25.1 Å². The van der Waals surface area contributed by atoms with E-state index in [0.29, 0.717) is 5.56 Å². The molecule has 0 amide bonds. The van der Waals surface area contributed by atoms with Crippen LogP contribution in [-0.4, -0.2) is 10.8 Å². The second-order valence-electron chi connectivity index (χ2n) is 3.05. The van der Waals surface area contributed by atoms with Gasteiger partial charge in [0.15, 0.2) is 5.78 Å². The van der Waals surface area contributed by atoms with Crippen LogP contribution in [0.3, 0.4) is 0 Å². The van der Waals surface area contributed by atoms with E-state index in [0.717, 1.165) is 15.4 Å². The highest BCUT2D eigenvalue weighted by Crippen LogP contribution is 2.25. The summed E-state index contributed by atoms with van der Waals surface area (Å²) in [6.45, 7) is 1.55. The summed E-state index contributed by atoms with van der Waals surface area (Å²) in [6, 6.07) is 7.47. The molecule has 2 aromatic rings. The molecule has 14 heavy (non-hydrogen) atoms. The number of fused-ring (bicyclic) bond motifs is 1. The molecule has 0 saturated heterocycles. The number of rotatable bonds is 1. The quantitative estimate of drug-likeness (QED) is 0.727. The summed E-state index contributed by atoms with van der Waals surface area (Å²) in [5, 5.41) is 0.972. The first kappa shape index (κ1) is 9.34. The maximum Gasteiger partial charge on any atom is 0.161 e. The van der Waals surface area contributed by atoms with Crippen LogP contribution in [0.5, 0.6) is 0 Å². The van der Waals surface area contributed by atoms with Gasteiger partial charge in [0.1, 0.15) is 0 Å². The summed E-state index contributed by atoms with van der Waals surface area (Å²) in [6.07, 6.45) is 1.70. The molecule has 0 aliphatic carbocycles. The molecular weight excluding hydrogens is 242 g/mol. The number of benzene rings is 1. The molecule has 0 saturated carbocycles. The Hall–Kier alpha value is -1.22. The van der Waals surface area contributed by atoms with Crippen molar-refractivity contribution in [2.24, 2.45) is 0 Å². The molecular formula is C11H8BrNO. The minimum Gasteiger partial charge on any atom is -0.294 e. The lowest BCUT2D eigenvalue weighted by Gasteiger charge is -2.03. The third-order valence-corrected chi connectivity index (χ3v) is 2.79. The highest BCUT2D eigenvalue weighted by atomic mass is 79.9. The molecule has 0 fully saturated rings. The molecule has 3 heteroatoms. The Morgan fingerprint density at radius 3 is 2.86 bits per heavy atom. The van der Waals surface area contributed by atoms with Crippen LogP contribution in [0.25, 0.3) is 10.9 Å². The minimum atomic E-state index is 0.0428. The number of nitrogens with zero attached hydrogens (tertiary/aromatic N) is 1. The standard InChI is InChI=1S/C11H8BrNO/c1-7(14)8-4-5-10(12)9-3-2-6-13-11(8)9/h2-6H,1H3. The SMILES string of the molecule is CC(=O)c1ccc(Br)c2cccnc12. The largest absolute Gasteiger partial charge is 0.294 e. The fourth-order valence-corrected chi connectivity index (χ4v) is 1.87. The fraction of sp³-hybridized carbons (Fsp3) is 0.0909. The van der Waals surface area contributed by atoms with E-state index >= 15 is 0 Å². The number of hydrogen-bond donors (Lipinski definition) is 0. The van der Waals surface area contributed by atoms with E-state index < -0.39 is 0 Å². The number of aromatic nitrogens is 1. The van der Waals surface area contributed by atoms with Crippen molar-refractivity contribution in [3.63, 3.8) is 0 Å². The summed E-state index contributed by atoms with van der Waals surface area (Å²) >= 11 is 3.43. The monoisotopic (exact) mass is 249 g/mol. The highest BCUT2D eigenvalue weighted by Gasteiger charge is 2.07. The van der Waals surface area contributed by atoms with Crippen molar-refractivity contribution in [2.75, 3.05) is 0 Å². The maximum absolute atomic E-state index is 11.3. The van der Waals surface area contributed by atoms with Gasteiger partial charge in [-0.2, -0.15) is 0 Å². The van der Waals surface area contributed by atoms with Crippen molar-refractivity contribution >= 4 is 32.6 Å². The van der Waals surface area contributed by atoms with E-state index in [1.807, 2.05) is 18.2 Å². The Morgan fingerprint density at radius 2 is 2.14 bits per heavy atom. The van der Waals surface area contributed by atoms with Crippen LogP contribution < -0.4 is 0 Å². The van der Waals surface area contributed by atoms with Gasteiger partial charge in [0.2, 0.25) is 0 Å². The van der Waals surface area contributed by atoms with Crippen molar-refractivity contribution in [3.05, 3.63) is 40.5 Å². The fourth-order valence-electron chi connectivity index (χ4n) is 1.42. The lowest BCUT2D eigenvalue weighted by atomic mass is 10.1. The van der Waals surface area contributed by atoms with Gasteiger partial charge in [-0.1, -0.05) is 22.0 Å². The molecule has 0 bridgehead atoms. The molecule has 0 N–H and O–H groups in total. The Morgan fingerprint density at radius 1 is 1.36 bits per heavy atom. The van der Waals surface area contributed by atoms with Crippen LogP contribution in [0, 0.1) is 0 Å². The second-order valence-corrected chi connectivity index (χ2v) is 3.91. The zero-order chi connectivity index (χ0) is 10.1. The smallest absolute Gasteiger partial charge is 0.161 e. The molecule has 1 aromatic heterocycles. The van der Waals surface area contributed by atoms with Crippen LogP contribution in [0.2, 0.25) is 0 Å². The predicted octanol–water partition coefficient (Wildman–Crippen LogP) is 3.20. The maximum atomic E-state index is 11.3. The van der Waals surface area contributed by atoms with Gasteiger partial charge in [0.05, 0.1) is 5.52 Å². The third-order valence-electron chi connectivity index (χ3n) is 2.10. The Kier molecular flexibility index (Phi) is 2.33. The lowest BCUT2D eigenvalue weighted by molar-refractivity contribution is 0.101. The van der Waals surface area contributed by atoms with E-state index in [2.05, 4.69) is 20.9 Å². The predicted molar refractivity (Wildman–Crippen MR) is 59.4 cm³/mol. The highest BCUT2D eigenvalue weighted by molar-refractivity contribution is 9.10. The van der Waals surface area contributed by atoms with E-state index in [9.17, 15) is 4.79 Å². The van der Waals surface area contributed by atoms with Gasteiger partial charge >= 0.3 is 0 Å². The summed E-state index contributed by atoms with van der Waals surface area (Å²) in [5.41, 5.74) is 1.43. The van der Waals surface area contributed by atoms with Gasteiger partial charge in [0.25, 0.3) is 0 Å². The molecule has 1 aromatic carbocycles. The Balaban J connectivity index is 2.88. The zero-order valence-corrected chi connectivity index (χ0v) is 9.21. The average Bonchev–Trinajstić information content (AvgIpc) is 2.18.